The van der Waals surface area contributed by atoms with Gasteiger partial charge in [0.25, 0.3) is 0 Å². The average molecular weight is 293 g/mol. The molecule has 1 aliphatic carbocycles. The minimum Gasteiger partial charge on any atom is -0.497 e. The zero-order valence-electron chi connectivity index (χ0n) is 13.5. The molecule has 0 spiro atoms. The summed E-state index contributed by atoms with van der Waals surface area (Å²) in [6.45, 7) is 4.80. The van der Waals surface area contributed by atoms with Gasteiger partial charge in [-0.25, -0.2) is 0 Å². The van der Waals surface area contributed by atoms with E-state index in [9.17, 15) is 0 Å². The number of methoxy groups -OCH3 is 2. The van der Waals surface area contributed by atoms with Gasteiger partial charge in [-0.3, -0.25) is 0 Å². The van der Waals surface area contributed by atoms with Crippen molar-refractivity contribution < 1.29 is 14.2 Å². The van der Waals surface area contributed by atoms with Crippen molar-refractivity contribution in [3.05, 3.63) is 29.3 Å². The fraction of sp³-hybridized carbons (Fsp3) is 0.647. The lowest BCUT2D eigenvalue weighted by Gasteiger charge is -2.32. The van der Waals surface area contributed by atoms with Gasteiger partial charge in [0.2, 0.25) is 0 Å². The van der Waals surface area contributed by atoms with Gasteiger partial charge < -0.3 is 19.9 Å². The Bertz CT molecular complexity index is 473. The van der Waals surface area contributed by atoms with E-state index in [0.29, 0.717) is 6.61 Å². The van der Waals surface area contributed by atoms with Gasteiger partial charge in [0.05, 0.1) is 24.9 Å². The summed E-state index contributed by atoms with van der Waals surface area (Å²) < 4.78 is 16.7. The first-order valence-corrected chi connectivity index (χ1v) is 7.56. The van der Waals surface area contributed by atoms with Gasteiger partial charge in [-0.05, 0) is 56.4 Å². The summed E-state index contributed by atoms with van der Waals surface area (Å²) in [7, 11) is 3.41. The molecule has 0 aromatic heterocycles. The van der Waals surface area contributed by atoms with E-state index in [4.69, 9.17) is 19.9 Å². The standard InChI is InChI=1S/C17H27NO3/c1-17(2,20-4)9-10-21-15-8-6-12-5-7-13(19-3)11-14(12)16(15)18/h5,7,11,15-16H,6,8-10,18H2,1-4H3. The molecule has 1 aromatic carbocycles. The maximum Gasteiger partial charge on any atom is 0.119 e. The maximum atomic E-state index is 6.38. The lowest BCUT2D eigenvalue weighted by atomic mass is 9.86. The number of fused-ring (bicyclic) bond motifs is 1. The van der Waals surface area contributed by atoms with E-state index in [0.717, 1.165) is 30.6 Å². The highest BCUT2D eigenvalue weighted by molar-refractivity contribution is 5.39. The molecular weight excluding hydrogens is 266 g/mol. The van der Waals surface area contributed by atoms with Crippen LogP contribution in [0.25, 0.3) is 0 Å². The van der Waals surface area contributed by atoms with E-state index in [1.807, 2.05) is 12.1 Å². The topological polar surface area (TPSA) is 53.7 Å². The summed E-state index contributed by atoms with van der Waals surface area (Å²) in [5, 5.41) is 0. The minimum absolute atomic E-state index is 0.0669. The van der Waals surface area contributed by atoms with E-state index in [1.54, 1.807) is 14.2 Å². The third-order valence-corrected chi connectivity index (χ3v) is 4.40. The molecule has 0 fully saturated rings. The van der Waals surface area contributed by atoms with Crippen LogP contribution >= 0.6 is 0 Å². The van der Waals surface area contributed by atoms with Crippen molar-refractivity contribution >= 4 is 0 Å². The molecule has 1 aliphatic rings. The van der Waals surface area contributed by atoms with E-state index < -0.39 is 0 Å². The Balaban J connectivity index is 1.98. The van der Waals surface area contributed by atoms with Crippen molar-refractivity contribution in [3.63, 3.8) is 0 Å². The summed E-state index contributed by atoms with van der Waals surface area (Å²) in [6, 6.07) is 6.05. The molecule has 0 saturated carbocycles. The summed E-state index contributed by atoms with van der Waals surface area (Å²) in [4.78, 5) is 0. The zero-order valence-corrected chi connectivity index (χ0v) is 13.5. The lowest BCUT2D eigenvalue weighted by molar-refractivity contribution is -0.0356. The minimum atomic E-state index is -0.153. The van der Waals surface area contributed by atoms with Crippen molar-refractivity contribution in [1.29, 1.82) is 0 Å². The molecule has 0 amide bonds. The maximum absolute atomic E-state index is 6.38. The molecule has 4 nitrogen and oxygen atoms in total. The molecule has 0 bridgehead atoms. The fourth-order valence-corrected chi connectivity index (χ4v) is 2.66. The molecule has 2 N–H and O–H groups in total. The normalized spacial score (nSPS) is 22.0. The number of hydrogen-bond acceptors (Lipinski definition) is 4. The Kier molecular flexibility index (Phi) is 5.25. The molecule has 2 rings (SSSR count). The Morgan fingerprint density at radius 2 is 2.05 bits per heavy atom. The van der Waals surface area contributed by atoms with Crippen molar-refractivity contribution in [2.24, 2.45) is 5.73 Å². The Labute approximate surface area is 127 Å². The summed E-state index contributed by atoms with van der Waals surface area (Å²) in [5.41, 5.74) is 8.69. The second kappa shape index (κ2) is 6.77. The van der Waals surface area contributed by atoms with Crippen molar-refractivity contribution in [3.8, 4) is 5.75 Å². The van der Waals surface area contributed by atoms with Crippen LogP contribution in [-0.4, -0.2) is 32.5 Å². The second-order valence-corrected chi connectivity index (χ2v) is 6.25. The van der Waals surface area contributed by atoms with Crippen LogP contribution < -0.4 is 10.5 Å². The summed E-state index contributed by atoms with van der Waals surface area (Å²) >= 11 is 0. The molecule has 0 radical (unpaired) electrons. The smallest absolute Gasteiger partial charge is 0.119 e. The van der Waals surface area contributed by atoms with Crippen LogP contribution in [0.15, 0.2) is 18.2 Å². The first kappa shape index (κ1) is 16.3. The van der Waals surface area contributed by atoms with Gasteiger partial charge in [-0.2, -0.15) is 0 Å². The first-order valence-electron chi connectivity index (χ1n) is 7.56. The van der Waals surface area contributed by atoms with E-state index in [1.165, 1.54) is 5.56 Å². The van der Waals surface area contributed by atoms with E-state index >= 15 is 0 Å². The Morgan fingerprint density at radius 1 is 1.29 bits per heavy atom. The molecule has 21 heavy (non-hydrogen) atoms. The molecule has 0 aliphatic heterocycles. The monoisotopic (exact) mass is 293 g/mol. The van der Waals surface area contributed by atoms with Gasteiger partial charge in [-0.15, -0.1) is 0 Å². The van der Waals surface area contributed by atoms with E-state index in [-0.39, 0.29) is 17.7 Å². The average Bonchev–Trinajstić information content (AvgIpc) is 2.49. The van der Waals surface area contributed by atoms with Crippen LogP contribution in [0.4, 0.5) is 0 Å². The molecule has 1 aromatic rings. The molecular formula is C17H27NO3. The SMILES string of the molecule is COc1ccc2c(c1)C(N)C(OCCC(C)(C)OC)CC2. The van der Waals surface area contributed by atoms with Crippen LogP contribution in [0, 0.1) is 0 Å². The van der Waals surface area contributed by atoms with Crippen LogP contribution in [0.5, 0.6) is 5.75 Å². The van der Waals surface area contributed by atoms with Crippen molar-refractivity contribution in [2.45, 2.75) is 50.9 Å². The number of hydrogen-bond donors (Lipinski definition) is 1. The molecule has 2 atom stereocenters. The number of aryl methyl sites for hydroxylation is 1. The molecule has 2 unspecified atom stereocenters. The van der Waals surface area contributed by atoms with Crippen molar-refractivity contribution in [1.82, 2.24) is 0 Å². The molecule has 118 valence electrons. The highest BCUT2D eigenvalue weighted by Gasteiger charge is 2.28. The molecule has 4 heteroatoms. The van der Waals surface area contributed by atoms with Gasteiger partial charge in [0, 0.05) is 13.7 Å². The van der Waals surface area contributed by atoms with Gasteiger partial charge in [-0.1, -0.05) is 6.07 Å². The predicted octanol–water partition coefficient (Wildman–Crippen LogP) is 2.84. The second-order valence-electron chi connectivity index (χ2n) is 6.25. The number of benzene rings is 1. The number of rotatable bonds is 6. The summed E-state index contributed by atoms with van der Waals surface area (Å²) in [5.74, 6) is 0.852. The fourth-order valence-electron chi connectivity index (χ4n) is 2.66. The van der Waals surface area contributed by atoms with E-state index in [2.05, 4.69) is 19.9 Å². The zero-order chi connectivity index (χ0) is 15.5. The van der Waals surface area contributed by atoms with Crippen LogP contribution in [0.2, 0.25) is 0 Å². The third-order valence-electron chi connectivity index (χ3n) is 4.40. The van der Waals surface area contributed by atoms with Crippen LogP contribution in [0.1, 0.15) is 43.9 Å². The Morgan fingerprint density at radius 3 is 2.71 bits per heavy atom. The van der Waals surface area contributed by atoms with Crippen LogP contribution in [0.3, 0.4) is 0 Å². The summed E-state index contributed by atoms with van der Waals surface area (Å²) in [6.07, 6.45) is 2.90. The van der Waals surface area contributed by atoms with Crippen LogP contribution in [-0.2, 0) is 15.9 Å². The highest BCUT2D eigenvalue weighted by Crippen LogP contribution is 2.33. The molecule has 0 saturated heterocycles. The predicted molar refractivity (Wildman–Crippen MR) is 83.7 cm³/mol. The van der Waals surface area contributed by atoms with Crippen molar-refractivity contribution in [2.75, 3.05) is 20.8 Å². The largest absolute Gasteiger partial charge is 0.497 e. The van der Waals surface area contributed by atoms with Gasteiger partial charge >= 0.3 is 0 Å². The van der Waals surface area contributed by atoms with Gasteiger partial charge in [0.15, 0.2) is 0 Å². The lowest BCUT2D eigenvalue weighted by Crippen LogP contribution is -2.35. The molecule has 0 heterocycles. The quantitative estimate of drug-likeness (QED) is 0.876. The Hall–Kier alpha value is -1.10. The van der Waals surface area contributed by atoms with Gasteiger partial charge in [0.1, 0.15) is 5.75 Å². The number of nitrogens with two attached hydrogens (primary N) is 1. The first-order chi connectivity index (χ1) is 9.96. The number of ether oxygens (including phenoxy) is 3. The third kappa shape index (κ3) is 3.96. The highest BCUT2D eigenvalue weighted by atomic mass is 16.5.